The highest BCUT2D eigenvalue weighted by Crippen LogP contribution is 2.23. The molecule has 0 aromatic rings. The van der Waals surface area contributed by atoms with E-state index in [4.69, 9.17) is 4.74 Å². The summed E-state index contributed by atoms with van der Waals surface area (Å²) in [4.78, 5) is 8.21. The lowest BCUT2D eigenvalue weighted by Crippen LogP contribution is -2.44. The summed E-state index contributed by atoms with van der Waals surface area (Å²) in [5.74, 6) is 1.79. The molecule has 0 aromatic carbocycles. The summed E-state index contributed by atoms with van der Waals surface area (Å²) in [6, 6.07) is 0. The molecule has 0 aliphatic carbocycles. The maximum Gasteiger partial charge on any atom is 0.401 e. The molecule has 2 aliphatic rings. The standard InChI is InChI=1S/C19H36F3N5O/c1-16(14-26-9-11-28-12-10-26)13-25-18(23-2)24-6-3-17-4-7-27(8-5-17)15-19(20,21)22/h16-17H,3-15H2,1-2H3,(H2,23,24,25). The minimum absolute atomic E-state index is 0.482. The number of piperidine rings is 1. The second kappa shape index (κ2) is 11.8. The van der Waals surface area contributed by atoms with Crippen molar-refractivity contribution in [3.8, 4) is 0 Å². The molecule has 2 fully saturated rings. The Morgan fingerprint density at radius 2 is 1.79 bits per heavy atom. The minimum Gasteiger partial charge on any atom is -0.379 e. The first-order valence-electron chi connectivity index (χ1n) is 10.4. The fourth-order valence-electron chi connectivity index (χ4n) is 3.86. The third-order valence-electron chi connectivity index (χ3n) is 5.47. The number of alkyl halides is 3. The number of aliphatic imine (C=N–C) groups is 1. The van der Waals surface area contributed by atoms with Gasteiger partial charge >= 0.3 is 6.18 Å². The van der Waals surface area contributed by atoms with E-state index in [2.05, 4.69) is 27.4 Å². The molecular weight excluding hydrogens is 371 g/mol. The molecule has 1 atom stereocenters. The summed E-state index contributed by atoms with van der Waals surface area (Å²) < 4.78 is 42.7. The molecule has 0 radical (unpaired) electrons. The largest absolute Gasteiger partial charge is 0.401 e. The van der Waals surface area contributed by atoms with E-state index in [0.29, 0.717) is 24.9 Å². The SMILES string of the molecule is CN=C(NCCC1CCN(CC(F)(F)F)CC1)NCC(C)CN1CCOCC1. The first-order valence-corrected chi connectivity index (χ1v) is 10.4. The van der Waals surface area contributed by atoms with Crippen molar-refractivity contribution in [1.29, 1.82) is 0 Å². The first-order chi connectivity index (χ1) is 13.4. The van der Waals surface area contributed by atoms with Gasteiger partial charge in [-0.3, -0.25) is 14.8 Å². The van der Waals surface area contributed by atoms with Gasteiger partial charge in [0.05, 0.1) is 19.8 Å². The highest BCUT2D eigenvalue weighted by Gasteiger charge is 2.32. The van der Waals surface area contributed by atoms with Crippen molar-refractivity contribution in [2.24, 2.45) is 16.8 Å². The number of rotatable bonds is 8. The Bertz CT molecular complexity index is 461. The molecule has 2 saturated heterocycles. The van der Waals surface area contributed by atoms with E-state index in [1.54, 1.807) is 7.05 Å². The normalized spacial score (nSPS) is 22.2. The van der Waals surface area contributed by atoms with Crippen molar-refractivity contribution in [2.75, 3.05) is 72.6 Å². The maximum atomic E-state index is 12.4. The Balaban J connectivity index is 1.56. The summed E-state index contributed by atoms with van der Waals surface area (Å²) >= 11 is 0. The van der Waals surface area contributed by atoms with E-state index in [1.165, 1.54) is 4.90 Å². The van der Waals surface area contributed by atoms with Crippen molar-refractivity contribution < 1.29 is 17.9 Å². The number of nitrogens with one attached hydrogen (secondary N) is 2. The average Bonchev–Trinajstić information content (AvgIpc) is 2.65. The van der Waals surface area contributed by atoms with Crippen molar-refractivity contribution in [1.82, 2.24) is 20.4 Å². The van der Waals surface area contributed by atoms with Gasteiger partial charge in [0.2, 0.25) is 0 Å². The summed E-state index contributed by atoms with van der Waals surface area (Å²) in [6.07, 6.45) is -1.46. The monoisotopic (exact) mass is 407 g/mol. The van der Waals surface area contributed by atoms with Crippen LogP contribution >= 0.6 is 0 Å². The van der Waals surface area contributed by atoms with Crippen LogP contribution in [-0.4, -0.2) is 94.6 Å². The number of morpholine rings is 1. The number of hydrogen-bond acceptors (Lipinski definition) is 4. The molecule has 0 aromatic heterocycles. The van der Waals surface area contributed by atoms with Crippen molar-refractivity contribution >= 4 is 5.96 Å². The molecule has 164 valence electrons. The van der Waals surface area contributed by atoms with Gasteiger partial charge in [0.25, 0.3) is 0 Å². The topological polar surface area (TPSA) is 52.1 Å². The molecule has 0 saturated carbocycles. The van der Waals surface area contributed by atoms with Gasteiger partial charge in [-0.2, -0.15) is 13.2 Å². The Hall–Kier alpha value is -1.06. The van der Waals surface area contributed by atoms with Gasteiger partial charge in [0.15, 0.2) is 5.96 Å². The van der Waals surface area contributed by atoms with E-state index < -0.39 is 12.7 Å². The molecule has 28 heavy (non-hydrogen) atoms. The summed E-state index contributed by atoms with van der Waals surface area (Å²) in [5, 5.41) is 6.71. The average molecular weight is 408 g/mol. The van der Waals surface area contributed by atoms with Crippen molar-refractivity contribution in [3.63, 3.8) is 0 Å². The summed E-state index contributed by atoms with van der Waals surface area (Å²) in [7, 11) is 1.76. The molecule has 1 unspecified atom stereocenters. The number of likely N-dealkylation sites (tertiary alicyclic amines) is 1. The zero-order valence-electron chi connectivity index (χ0n) is 17.2. The van der Waals surface area contributed by atoms with Crippen molar-refractivity contribution in [3.05, 3.63) is 0 Å². The lowest BCUT2D eigenvalue weighted by molar-refractivity contribution is -0.148. The number of guanidine groups is 1. The predicted molar refractivity (Wildman–Crippen MR) is 106 cm³/mol. The van der Waals surface area contributed by atoms with Gasteiger partial charge in [-0.05, 0) is 44.2 Å². The molecular formula is C19H36F3N5O. The van der Waals surface area contributed by atoms with E-state index in [1.807, 2.05) is 0 Å². The summed E-state index contributed by atoms with van der Waals surface area (Å²) in [6.45, 7) is 8.85. The number of halogens is 3. The van der Waals surface area contributed by atoms with E-state index in [0.717, 1.165) is 71.2 Å². The Kier molecular flexibility index (Phi) is 9.81. The van der Waals surface area contributed by atoms with Crippen LogP contribution in [0, 0.1) is 11.8 Å². The fraction of sp³-hybridized carbons (Fsp3) is 0.947. The zero-order valence-corrected chi connectivity index (χ0v) is 17.2. The third-order valence-corrected chi connectivity index (χ3v) is 5.47. The third kappa shape index (κ3) is 9.43. The quantitative estimate of drug-likeness (QED) is 0.475. The first kappa shape index (κ1) is 23.2. The van der Waals surface area contributed by atoms with Gasteiger partial charge < -0.3 is 15.4 Å². The smallest absolute Gasteiger partial charge is 0.379 e. The van der Waals surface area contributed by atoms with Crippen LogP contribution in [0.2, 0.25) is 0 Å². The number of nitrogens with zero attached hydrogens (tertiary/aromatic N) is 3. The minimum atomic E-state index is -4.09. The second-order valence-corrected chi connectivity index (χ2v) is 8.02. The van der Waals surface area contributed by atoms with Gasteiger partial charge in [-0.25, -0.2) is 0 Å². The molecule has 6 nitrogen and oxygen atoms in total. The molecule has 2 N–H and O–H groups in total. The molecule has 0 bridgehead atoms. The van der Waals surface area contributed by atoms with Crippen molar-refractivity contribution in [2.45, 2.75) is 32.4 Å². The molecule has 2 heterocycles. The van der Waals surface area contributed by atoms with Gasteiger partial charge in [-0.1, -0.05) is 6.92 Å². The lowest BCUT2D eigenvalue weighted by Gasteiger charge is -2.32. The zero-order chi connectivity index (χ0) is 20.4. The van der Waals surface area contributed by atoms with Gasteiger partial charge in [-0.15, -0.1) is 0 Å². The molecule has 9 heteroatoms. The molecule has 0 spiro atoms. The van der Waals surface area contributed by atoms with E-state index in [9.17, 15) is 13.2 Å². The van der Waals surface area contributed by atoms with Crippen LogP contribution in [0.25, 0.3) is 0 Å². The molecule has 2 rings (SSSR count). The van der Waals surface area contributed by atoms with Crippen LogP contribution in [0.15, 0.2) is 4.99 Å². The Labute approximate surface area is 166 Å². The highest BCUT2D eigenvalue weighted by atomic mass is 19.4. The fourth-order valence-corrected chi connectivity index (χ4v) is 3.86. The summed E-state index contributed by atoms with van der Waals surface area (Å²) in [5.41, 5.74) is 0. The van der Waals surface area contributed by atoms with Crippen LogP contribution in [0.5, 0.6) is 0 Å². The van der Waals surface area contributed by atoms with Crippen LogP contribution < -0.4 is 10.6 Å². The van der Waals surface area contributed by atoms with Gasteiger partial charge in [0, 0.05) is 39.8 Å². The number of ether oxygens (including phenoxy) is 1. The van der Waals surface area contributed by atoms with Crippen LogP contribution in [0.4, 0.5) is 13.2 Å². The lowest BCUT2D eigenvalue weighted by atomic mass is 9.93. The van der Waals surface area contributed by atoms with Crippen LogP contribution in [-0.2, 0) is 4.74 Å². The predicted octanol–water partition coefficient (Wildman–Crippen LogP) is 1.78. The van der Waals surface area contributed by atoms with E-state index >= 15 is 0 Å². The second-order valence-electron chi connectivity index (χ2n) is 8.02. The van der Waals surface area contributed by atoms with Crippen LogP contribution in [0.1, 0.15) is 26.2 Å². The van der Waals surface area contributed by atoms with Crippen LogP contribution in [0.3, 0.4) is 0 Å². The highest BCUT2D eigenvalue weighted by molar-refractivity contribution is 5.79. The Morgan fingerprint density at radius 3 is 2.39 bits per heavy atom. The molecule has 0 amide bonds. The van der Waals surface area contributed by atoms with Gasteiger partial charge in [0.1, 0.15) is 0 Å². The van der Waals surface area contributed by atoms with E-state index in [-0.39, 0.29) is 0 Å². The maximum absolute atomic E-state index is 12.4. The Morgan fingerprint density at radius 1 is 1.11 bits per heavy atom. The molecule has 2 aliphatic heterocycles. The number of hydrogen-bond donors (Lipinski definition) is 2.